The second-order valence-corrected chi connectivity index (χ2v) is 6.54. The normalized spacial score (nSPS) is 10.7. The molecular formula is C21H20ClNO3. The Morgan fingerprint density at radius 1 is 1.04 bits per heavy atom. The molecule has 1 amide bonds. The van der Waals surface area contributed by atoms with Crippen molar-refractivity contribution in [2.45, 2.75) is 20.8 Å². The molecule has 3 rings (SSSR count). The number of hydrogen-bond acceptors (Lipinski definition) is 3. The number of carbonyl (C=O) groups is 1. The molecule has 0 fully saturated rings. The van der Waals surface area contributed by atoms with Gasteiger partial charge in [0.05, 0.1) is 17.7 Å². The summed E-state index contributed by atoms with van der Waals surface area (Å²) in [5, 5.41) is 3.32. The maximum Gasteiger partial charge on any atom is 0.259 e. The van der Waals surface area contributed by atoms with Crippen LogP contribution in [-0.2, 0) is 0 Å². The lowest BCUT2D eigenvalue weighted by Gasteiger charge is -2.09. The van der Waals surface area contributed by atoms with E-state index < -0.39 is 0 Å². The Kier molecular flexibility index (Phi) is 5.05. The standard InChI is InChI=1S/C21H20ClNO3/c1-12-5-7-15(8-6-12)19-13(2)26-14(3)20(19)21(24)23-16-9-10-18(25-4)17(22)11-16/h5-11H,1-4H3,(H,23,24). The zero-order valence-electron chi connectivity index (χ0n) is 15.1. The van der Waals surface area contributed by atoms with Gasteiger partial charge in [0.25, 0.3) is 5.91 Å². The number of furan rings is 1. The number of ether oxygens (including phenoxy) is 1. The van der Waals surface area contributed by atoms with Crippen molar-refractivity contribution >= 4 is 23.2 Å². The Balaban J connectivity index is 1.97. The lowest BCUT2D eigenvalue weighted by Crippen LogP contribution is -2.13. The van der Waals surface area contributed by atoms with Crippen molar-refractivity contribution in [3.05, 3.63) is 70.1 Å². The Hall–Kier alpha value is -2.72. The van der Waals surface area contributed by atoms with Crippen LogP contribution in [0.4, 0.5) is 5.69 Å². The highest BCUT2D eigenvalue weighted by atomic mass is 35.5. The predicted octanol–water partition coefficient (Wildman–Crippen LogP) is 5.79. The number of halogens is 1. The molecule has 1 aromatic heterocycles. The summed E-state index contributed by atoms with van der Waals surface area (Å²) in [7, 11) is 1.55. The van der Waals surface area contributed by atoms with Crippen LogP contribution in [0, 0.1) is 20.8 Å². The summed E-state index contributed by atoms with van der Waals surface area (Å²) in [5.74, 6) is 1.61. The fourth-order valence-electron chi connectivity index (χ4n) is 2.96. The Labute approximate surface area is 157 Å². The highest BCUT2D eigenvalue weighted by Gasteiger charge is 2.23. The summed E-state index contributed by atoms with van der Waals surface area (Å²) in [6.45, 7) is 5.68. The molecule has 26 heavy (non-hydrogen) atoms. The van der Waals surface area contributed by atoms with E-state index in [1.54, 1.807) is 32.2 Å². The summed E-state index contributed by atoms with van der Waals surface area (Å²) in [6.07, 6.45) is 0. The van der Waals surface area contributed by atoms with E-state index in [4.69, 9.17) is 20.8 Å². The minimum atomic E-state index is -0.240. The first-order valence-electron chi connectivity index (χ1n) is 8.22. The van der Waals surface area contributed by atoms with Crippen molar-refractivity contribution in [2.75, 3.05) is 12.4 Å². The molecule has 0 atom stereocenters. The molecule has 0 aliphatic heterocycles. The molecule has 134 valence electrons. The molecule has 0 saturated carbocycles. The molecule has 2 aromatic carbocycles. The van der Waals surface area contributed by atoms with E-state index in [1.165, 1.54) is 0 Å². The smallest absolute Gasteiger partial charge is 0.259 e. The molecular weight excluding hydrogens is 350 g/mol. The molecule has 0 saturated heterocycles. The fraction of sp³-hybridized carbons (Fsp3) is 0.190. The fourth-order valence-corrected chi connectivity index (χ4v) is 3.22. The number of rotatable bonds is 4. The summed E-state index contributed by atoms with van der Waals surface area (Å²) in [5.41, 5.74) is 4.03. The van der Waals surface area contributed by atoms with Gasteiger partial charge in [0, 0.05) is 11.3 Å². The van der Waals surface area contributed by atoms with Crippen LogP contribution in [0.5, 0.6) is 5.75 Å². The second-order valence-electron chi connectivity index (χ2n) is 6.13. The molecule has 0 bridgehead atoms. The van der Waals surface area contributed by atoms with Gasteiger partial charge in [-0.2, -0.15) is 0 Å². The first-order chi connectivity index (χ1) is 12.4. The molecule has 1 heterocycles. The Morgan fingerprint density at radius 3 is 2.35 bits per heavy atom. The number of nitrogens with one attached hydrogen (secondary N) is 1. The Bertz CT molecular complexity index is 958. The maximum absolute atomic E-state index is 12.9. The van der Waals surface area contributed by atoms with Gasteiger partial charge in [-0.25, -0.2) is 0 Å². The quantitative estimate of drug-likeness (QED) is 0.633. The van der Waals surface area contributed by atoms with Crippen LogP contribution in [0.2, 0.25) is 5.02 Å². The van der Waals surface area contributed by atoms with Crippen LogP contribution in [-0.4, -0.2) is 13.0 Å². The van der Waals surface area contributed by atoms with Crippen molar-refractivity contribution < 1.29 is 13.9 Å². The van der Waals surface area contributed by atoms with Gasteiger partial charge in [0.15, 0.2) is 0 Å². The molecule has 0 aliphatic rings. The molecule has 0 spiro atoms. The van der Waals surface area contributed by atoms with E-state index in [9.17, 15) is 4.79 Å². The minimum absolute atomic E-state index is 0.240. The number of methoxy groups -OCH3 is 1. The number of amides is 1. The van der Waals surface area contributed by atoms with E-state index in [0.717, 1.165) is 16.7 Å². The van der Waals surface area contributed by atoms with Crippen LogP contribution in [0.15, 0.2) is 46.9 Å². The largest absolute Gasteiger partial charge is 0.495 e. The summed E-state index contributed by atoms with van der Waals surface area (Å²) in [6, 6.07) is 13.1. The van der Waals surface area contributed by atoms with Gasteiger partial charge in [-0.15, -0.1) is 0 Å². The monoisotopic (exact) mass is 369 g/mol. The van der Waals surface area contributed by atoms with Gasteiger partial charge >= 0.3 is 0 Å². The summed E-state index contributed by atoms with van der Waals surface area (Å²) < 4.78 is 10.9. The lowest BCUT2D eigenvalue weighted by atomic mass is 9.99. The van der Waals surface area contributed by atoms with Crippen molar-refractivity contribution in [3.63, 3.8) is 0 Å². The van der Waals surface area contributed by atoms with Crippen LogP contribution < -0.4 is 10.1 Å². The zero-order chi connectivity index (χ0) is 18.8. The highest BCUT2D eigenvalue weighted by molar-refractivity contribution is 6.32. The first kappa shape index (κ1) is 18.1. The molecule has 5 heteroatoms. The molecule has 0 radical (unpaired) electrons. The summed E-state index contributed by atoms with van der Waals surface area (Å²) >= 11 is 6.14. The summed E-state index contributed by atoms with van der Waals surface area (Å²) in [4.78, 5) is 12.9. The first-order valence-corrected chi connectivity index (χ1v) is 8.60. The van der Waals surface area contributed by atoms with Crippen LogP contribution in [0.1, 0.15) is 27.4 Å². The van der Waals surface area contributed by atoms with E-state index in [-0.39, 0.29) is 5.91 Å². The van der Waals surface area contributed by atoms with Crippen molar-refractivity contribution in [1.29, 1.82) is 0 Å². The van der Waals surface area contributed by atoms with Crippen molar-refractivity contribution in [3.8, 4) is 16.9 Å². The lowest BCUT2D eigenvalue weighted by molar-refractivity contribution is 0.102. The van der Waals surface area contributed by atoms with Crippen molar-refractivity contribution in [2.24, 2.45) is 0 Å². The molecule has 3 aromatic rings. The van der Waals surface area contributed by atoms with Crippen molar-refractivity contribution in [1.82, 2.24) is 0 Å². The molecule has 0 unspecified atom stereocenters. The van der Waals surface area contributed by atoms with Crippen LogP contribution in [0.25, 0.3) is 11.1 Å². The van der Waals surface area contributed by atoms with E-state index in [1.807, 2.05) is 38.1 Å². The van der Waals surface area contributed by atoms with Crippen LogP contribution >= 0.6 is 11.6 Å². The third-order valence-corrected chi connectivity index (χ3v) is 4.53. The van der Waals surface area contributed by atoms with E-state index in [0.29, 0.717) is 33.5 Å². The second kappa shape index (κ2) is 7.26. The van der Waals surface area contributed by atoms with Gasteiger partial charge in [0.1, 0.15) is 17.3 Å². The van der Waals surface area contributed by atoms with E-state index >= 15 is 0 Å². The molecule has 0 aliphatic carbocycles. The number of carbonyl (C=O) groups excluding carboxylic acids is 1. The van der Waals surface area contributed by atoms with Gasteiger partial charge in [-0.05, 0) is 44.5 Å². The van der Waals surface area contributed by atoms with E-state index in [2.05, 4.69) is 5.32 Å². The minimum Gasteiger partial charge on any atom is -0.495 e. The number of aryl methyl sites for hydroxylation is 3. The predicted molar refractivity (Wildman–Crippen MR) is 104 cm³/mol. The van der Waals surface area contributed by atoms with Gasteiger partial charge in [-0.3, -0.25) is 4.79 Å². The SMILES string of the molecule is COc1ccc(NC(=O)c2c(C)oc(C)c2-c2ccc(C)cc2)cc1Cl. The third-order valence-electron chi connectivity index (χ3n) is 4.24. The van der Waals surface area contributed by atoms with Crippen LogP contribution in [0.3, 0.4) is 0 Å². The maximum atomic E-state index is 12.9. The van der Waals surface area contributed by atoms with Gasteiger partial charge < -0.3 is 14.5 Å². The zero-order valence-corrected chi connectivity index (χ0v) is 15.9. The Morgan fingerprint density at radius 2 is 1.73 bits per heavy atom. The molecule has 1 N–H and O–H groups in total. The average molecular weight is 370 g/mol. The van der Waals surface area contributed by atoms with Gasteiger partial charge in [-0.1, -0.05) is 41.4 Å². The third kappa shape index (κ3) is 3.46. The highest BCUT2D eigenvalue weighted by Crippen LogP contribution is 2.33. The molecule has 4 nitrogen and oxygen atoms in total. The number of anilines is 1. The number of benzene rings is 2. The topological polar surface area (TPSA) is 51.5 Å². The van der Waals surface area contributed by atoms with Gasteiger partial charge in [0.2, 0.25) is 0 Å². The average Bonchev–Trinajstić information content (AvgIpc) is 2.90. The number of hydrogen-bond donors (Lipinski definition) is 1.